The monoisotopic (exact) mass is 407 g/mol. The van der Waals surface area contributed by atoms with Crippen LogP contribution in [-0.2, 0) is 0 Å². The third kappa shape index (κ3) is 11.8. The Bertz CT molecular complexity index is 421. The lowest BCUT2D eigenvalue weighted by Crippen LogP contribution is -2.54. The molecule has 2 unspecified atom stereocenters. The Hall–Kier alpha value is -0.800. The van der Waals surface area contributed by atoms with E-state index in [0.717, 1.165) is 17.6 Å². The summed E-state index contributed by atoms with van der Waals surface area (Å²) in [5.41, 5.74) is 0. The number of aliphatic hydroxyl groups excluding tert-OH is 1. The van der Waals surface area contributed by atoms with Gasteiger partial charge in [-0.25, -0.2) is 0 Å². The molecular weight excluding hydrogens is 356 g/mol. The van der Waals surface area contributed by atoms with Gasteiger partial charge in [-0.05, 0) is 39.0 Å². The maximum absolute atomic E-state index is 9.38. The summed E-state index contributed by atoms with van der Waals surface area (Å²) in [5.74, 6) is 0. The molecule has 1 heterocycles. The van der Waals surface area contributed by atoms with E-state index in [4.69, 9.17) is 0 Å². The Morgan fingerprint density at radius 3 is 1.90 bits per heavy atom. The quantitative estimate of drug-likeness (QED) is 0.129. The van der Waals surface area contributed by atoms with E-state index in [1.54, 1.807) is 0 Å². The second-order valence-corrected chi connectivity index (χ2v) is 8.94. The van der Waals surface area contributed by atoms with E-state index in [-0.39, 0.29) is 6.61 Å². The Kier molecular flexibility index (Phi) is 16.3. The summed E-state index contributed by atoms with van der Waals surface area (Å²) in [6.07, 6.45) is 31.4. The summed E-state index contributed by atoms with van der Waals surface area (Å²) in [7, 11) is 0. The van der Waals surface area contributed by atoms with Crippen LogP contribution in [0.4, 0.5) is 0 Å². The van der Waals surface area contributed by atoms with Crippen LogP contribution >= 0.6 is 0 Å². The van der Waals surface area contributed by atoms with E-state index in [1.807, 2.05) is 0 Å². The smallest absolute Gasteiger partial charge is 0.166 e. The van der Waals surface area contributed by atoms with Crippen molar-refractivity contribution < 1.29 is 9.59 Å². The number of nitrogens with zero attached hydrogens (tertiary/aromatic N) is 1. The predicted octanol–water partition coefficient (Wildman–Crippen LogP) is 7.03. The Morgan fingerprint density at radius 2 is 1.34 bits per heavy atom. The van der Waals surface area contributed by atoms with Gasteiger partial charge in [0, 0.05) is 6.42 Å². The summed E-state index contributed by atoms with van der Waals surface area (Å²) >= 11 is 0. The second kappa shape index (κ2) is 18.0. The molecule has 0 saturated heterocycles. The van der Waals surface area contributed by atoms with Crippen LogP contribution in [0.3, 0.4) is 0 Å². The minimum atomic E-state index is 0.266. The van der Waals surface area contributed by atoms with E-state index < -0.39 is 0 Å². The van der Waals surface area contributed by atoms with Crippen LogP contribution in [0.5, 0.6) is 0 Å². The van der Waals surface area contributed by atoms with E-state index >= 15 is 0 Å². The SMILES string of the molecule is CCCCCCCCCCC/C=C/CCCCCCC1NC=C[N+]1(CC)CCO. The third-order valence-electron chi connectivity index (χ3n) is 6.63. The van der Waals surface area contributed by atoms with Crippen molar-refractivity contribution in [3.63, 3.8) is 0 Å². The van der Waals surface area contributed by atoms with Gasteiger partial charge >= 0.3 is 0 Å². The number of rotatable bonds is 20. The Morgan fingerprint density at radius 1 is 0.793 bits per heavy atom. The predicted molar refractivity (Wildman–Crippen MR) is 128 cm³/mol. The molecule has 0 spiro atoms. The molecule has 2 atom stereocenters. The van der Waals surface area contributed by atoms with Gasteiger partial charge in [-0.1, -0.05) is 83.3 Å². The van der Waals surface area contributed by atoms with E-state index in [9.17, 15) is 5.11 Å². The minimum absolute atomic E-state index is 0.266. The van der Waals surface area contributed by atoms with Crippen molar-refractivity contribution in [2.75, 3.05) is 19.7 Å². The molecule has 0 aromatic rings. The van der Waals surface area contributed by atoms with Crippen molar-refractivity contribution in [3.8, 4) is 0 Å². The fraction of sp³-hybridized carbons (Fsp3) is 0.846. The number of quaternary nitrogens is 1. The first kappa shape index (κ1) is 26.2. The lowest BCUT2D eigenvalue weighted by Gasteiger charge is -2.36. The van der Waals surface area contributed by atoms with E-state index in [1.165, 1.54) is 103 Å². The van der Waals surface area contributed by atoms with Crippen LogP contribution in [0.2, 0.25) is 0 Å². The highest BCUT2D eigenvalue weighted by Gasteiger charge is 2.35. The summed E-state index contributed by atoms with van der Waals surface area (Å²) in [5, 5.41) is 12.9. The number of hydrogen-bond donors (Lipinski definition) is 2. The highest BCUT2D eigenvalue weighted by atomic mass is 16.3. The number of allylic oxidation sites excluding steroid dienone is 2. The largest absolute Gasteiger partial charge is 0.390 e. The van der Waals surface area contributed by atoms with Crippen molar-refractivity contribution in [3.05, 3.63) is 24.6 Å². The molecule has 1 aliphatic heterocycles. The summed E-state index contributed by atoms with van der Waals surface area (Å²) < 4.78 is 0.901. The minimum Gasteiger partial charge on any atom is -0.390 e. The van der Waals surface area contributed by atoms with Crippen LogP contribution in [0.15, 0.2) is 24.6 Å². The zero-order valence-corrected chi connectivity index (χ0v) is 19.7. The van der Waals surface area contributed by atoms with Gasteiger partial charge in [0.1, 0.15) is 12.7 Å². The van der Waals surface area contributed by atoms with Gasteiger partial charge in [0.05, 0.1) is 19.4 Å². The zero-order valence-electron chi connectivity index (χ0n) is 19.7. The lowest BCUT2D eigenvalue weighted by atomic mass is 10.1. The summed E-state index contributed by atoms with van der Waals surface area (Å²) in [6, 6.07) is 0. The van der Waals surface area contributed by atoms with E-state index in [2.05, 4.69) is 43.7 Å². The van der Waals surface area contributed by atoms with Crippen molar-refractivity contribution in [1.82, 2.24) is 5.32 Å². The van der Waals surface area contributed by atoms with Gasteiger partial charge in [-0.2, -0.15) is 0 Å². The average molecular weight is 408 g/mol. The molecule has 0 aromatic heterocycles. The number of likely N-dealkylation sites (N-methyl/N-ethyl adjacent to an activating group) is 1. The molecule has 2 N–H and O–H groups in total. The highest BCUT2D eigenvalue weighted by Crippen LogP contribution is 2.22. The molecular formula is C26H51N2O+. The molecule has 1 aliphatic rings. The molecule has 170 valence electrons. The standard InChI is InChI=1S/C26H51N2O/c1-3-5-6-7-8-9-10-11-12-13-14-15-16-17-18-19-20-21-26-27-22-23-28(26,4-2)24-25-29/h14-15,22-23,26-27,29H,3-13,16-21,24-25H2,1-2H3/q+1/b15-14+. The first-order valence-corrected chi connectivity index (χ1v) is 12.8. The number of nitrogens with one attached hydrogen (secondary N) is 1. The van der Waals surface area contributed by atoms with Crippen molar-refractivity contribution in [1.29, 1.82) is 0 Å². The third-order valence-corrected chi connectivity index (χ3v) is 6.63. The van der Waals surface area contributed by atoms with Gasteiger partial charge in [0.15, 0.2) is 6.17 Å². The molecule has 0 radical (unpaired) electrons. The molecule has 3 nitrogen and oxygen atoms in total. The van der Waals surface area contributed by atoms with Crippen molar-refractivity contribution >= 4 is 0 Å². The van der Waals surface area contributed by atoms with Crippen LogP contribution in [0.1, 0.15) is 117 Å². The maximum atomic E-state index is 9.38. The fourth-order valence-corrected chi connectivity index (χ4v) is 4.56. The Balaban J connectivity index is 1.88. The normalized spacial score (nSPS) is 21.3. The lowest BCUT2D eigenvalue weighted by molar-refractivity contribution is -0.900. The molecule has 0 saturated carbocycles. The fourth-order valence-electron chi connectivity index (χ4n) is 4.56. The molecule has 29 heavy (non-hydrogen) atoms. The van der Waals surface area contributed by atoms with Crippen LogP contribution < -0.4 is 5.32 Å². The molecule has 0 amide bonds. The number of aliphatic hydroxyl groups is 1. The van der Waals surface area contributed by atoms with Gasteiger partial charge in [0.2, 0.25) is 0 Å². The first-order valence-electron chi connectivity index (χ1n) is 12.8. The van der Waals surface area contributed by atoms with E-state index in [0.29, 0.717) is 6.17 Å². The van der Waals surface area contributed by atoms with Gasteiger partial charge in [0.25, 0.3) is 0 Å². The van der Waals surface area contributed by atoms with Crippen molar-refractivity contribution in [2.45, 2.75) is 123 Å². The van der Waals surface area contributed by atoms with Crippen molar-refractivity contribution in [2.24, 2.45) is 0 Å². The Labute approximate surface area is 182 Å². The highest BCUT2D eigenvalue weighted by molar-refractivity contribution is 4.84. The van der Waals surface area contributed by atoms with Gasteiger partial charge in [-0.15, -0.1) is 0 Å². The van der Waals surface area contributed by atoms with Crippen LogP contribution in [-0.4, -0.2) is 35.5 Å². The average Bonchev–Trinajstić information content (AvgIpc) is 3.13. The molecule has 3 heteroatoms. The van der Waals surface area contributed by atoms with Crippen LogP contribution in [0, 0.1) is 0 Å². The zero-order chi connectivity index (χ0) is 21.0. The summed E-state index contributed by atoms with van der Waals surface area (Å²) in [4.78, 5) is 0. The molecule has 0 aliphatic carbocycles. The first-order chi connectivity index (χ1) is 14.3. The molecule has 0 aromatic carbocycles. The molecule has 0 bridgehead atoms. The summed E-state index contributed by atoms with van der Waals surface area (Å²) in [6.45, 7) is 6.66. The van der Waals surface area contributed by atoms with Gasteiger partial charge in [-0.3, -0.25) is 4.48 Å². The molecule has 1 rings (SSSR count). The second-order valence-electron chi connectivity index (χ2n) is 8.94. The number of unbranched alkanes of at least 4 members (excludes halogenated alkanes) is 13. The van der Waals surface area contributed by atoms with Crippen LogP contribution in [0.25, 0.3) is 0 Å². The topological polar surface area (TPSA) is 32.3 Å². The molecule has 0 fully saturated rings. The van der Waals surface area contributed by atoms with Gasteiger partial charge < -0.3 is 10.4 Å². The maximum Gasteiger partial charge on any atom is 0.166 e. The number of hydrogen-bond acceptors (Lipinski definition) is 2.